The van der Waals surface area contributed by atoms with Gasteiger partial charge in [0.05, 0.1) is 11.4 Å². The molecule has 110 valence electrons. The van der Waals surface area contributed by atoms with Crippen molar-refractivity contribution in [3.8, 4) is 0 Å². The third-order valence-electron chi connectivity index (χ3n) is 3.68. The summed E-state index contributed by atoms with van der Waals surface area (Å²) in [6.07, 6.45) is 1.47. The van der Waals surface area contributed by atoms with Crippen molar-refractivity contribution in [1.29, 1.82) is 0 Å². The van der Waals surface area contributed by atoms with Crippen LogP contribution in [0.1, 0.15) is 37.3 Å². The van der Waals surface area contributed by atoms with Crippen LogP contribution >= 0.6 is 0 Å². The van der Waals surface area contributed by atoms with E-state index < -0.39 is 0 Å². The molecule has 2 aromatic carbocycles. The van der Waals surface area contributed by atoms with Gasteiger partial charge < -0.3 is 11.1 Å². The van der Waals surface area contributed by atoms with Crippen molar-refractivity contribution in [3.63, 3.8) is 0 Å². The van der Waals surface area contributed by atoms with Crippen molar-refractivity contribution in [2.75, 3.05) is 11.1 Å². The Morgan fingerprint density at radius 3 is 2.43 bits per heavy atom. The first-order chi connectivity index (χ1) is 10.1. The largest absolute Gasteiger partial charge is 0.397 e. The first kappa shape index (κ1) is 15.1. The molecule has 1 amide bonds. The molecule has 3 nitrogen and oxygen atoms in total. The minimum absolute atomic E-state index is 0.0139. The number of hydrogen-bond acceptors (Lipinski definition) is 2. The fraction of sp³-hybridized carbons (Fsp3) is 0.278. The van der Waals surface area contributed by atoms with Crippen LogP contribution in [0.5, 0.6) is 0 Å². The van der Waals surface area contributed by atoms with Crippen LogP contribution in [0, 0.1) is 0 Å². The molecule has 21 heavy (non-hydrogen) atoms. The smallest absolute Gasteiger partial charge is 0.225 e. The van der Waals surface area contributed by atoms with Gasteiger partial charge in [-0.05, 0) is 35.6 Å². The molecular weight excluding hydrogens is 260 g/mol. The van der Waals surface area contributed by atoms with Crippen molar-refractivity contribution in [2.24, 2.45) is 0 Å². The van der Waals surface area contributed by atoms with Gasteiger partial charge in [0.25, 0.3) is 0 Å². The van der Waals surface area contributed by atoms with Gasteiger partial charge in [-0.1, -0.05) is 50.2 Å². The molecule has 0 fully saturated rings. The molecule has 0 spiro atoms. The second-order valence-corrected chi connectivity index (χ2v) is 5.34. The average molecular weight is 282 g/mol. The van der Waals surface area contributed by atoms with E-state index in [0.717, 1.165) is 6.42 Å². The lowest BCUT2D eigenvalue weighted by Crippen LogP contribution is -2.15. The van der Waals surface area contributed by atoms with Gasteiger partial charge in [-0.15, -0.1) is 0 Å². The van der Waals surface area contributed by atoms with E-state index >= 15 is 0 Å². The average Bonchev–Trinajstić information content (AvgIpc) is 2.49. The van der Waals surface area contributed by atoms with Crippen LogP contribution in [0.4, 0.5) is 11.4 Å². The second-order valence-electron chi connectivity index (χ2n) is 5.34. The Hall–Kier alpha value is -2.29. The van der Waals surface area contributed by atoms with E-state index in [1.807, 2.05) is 18.2 Å². The lowest BCUT2D eigenvalue weighted by molar-refractivity contribution is -0.116. The van der Waals surface area contributed by atoms with Crippen LogP contribution in [0.15, 0.2) is 48.5 Å². The third-order valence-corrected chi connectivity index (χ3v) is 3.68. The SMILES string of the molecule is CCc1ccc(C(C)CC(=O)Nc2ccccc2N)cc1. The Kier molecular flexibility index (Phi) is 4.99. The monoisotopic (exact) mass is 282 g/mol. The summed E-state index contributed by atoms with van der Waals surface area (Å²) < 4.78 is 0. The second kappa shape index (κ2) is 6.93. The van der Waals surface area contributed by atoms with Gasteiger partial charge in [0, 0.05) is 6.42 Å². The van der Waals surface area contributed by atoms with E-state index in [2.05, 4.69) is 43.4 Å². The van der Waals surface area contributed by atoms with Gasteiger partial charge in [-0.3, -0.25) is 4.79 Å². The van der Waals surface area contributed by atoms with Crippen LogP contribution in [0.25, 0.3) is 0 Å². The number of para-hydroxylation sites is 2. The summed E-state index contributed by atoms with van der Waals surface area (Å²) in [5.41, 5.74) is 9.59. The standard InChI is InChI=1S/C18H22N2O/c1-3-14-8-10-15(11-9-14)13(2)12-18(21)20-17-7-5-4-6-16(17)19/h4-11,13H,3,12,19H2,1-2H3,(H,20,21). The first-order valence-corrected chi connectivity index (χ1v) is 7.33. The van der Waals surface area contributed by atoms with Crippen molar-refractivity contribution in [1.82, 2.24) is 0 Å². The summed E-state index contributed by atoms with van der Waals surface area (Å²) in [6, 6.07) is 15.8. The van der Waals surface area contributed by atoms with Crippen molar-refractivity contribution in [3.05, 3.63) is 59.7 Å². The Labute approximate surface area is 126 Å². The van der Waals surface area contributed by atoms with Gasteiger partial charge in [-0.25, -0.2) is 0 Å². The fourth-order valence-electron chi connectivity index (χ4n) is 2.29. The maximum atomic E-state index is 12.1. The molecule has 0 saturated heterocycles. The Balaban J connectivity index is 1.97. The molecule has 3 heteroatoms. The number of anilines is 2. The minimum Gasteiger partial charge on any atom is -0.397 e. The molecule has 0 saturated carbocycles. The van der Waals surface area contributed by atoms with E-state index in [-0.39, 0.29) is 11.8 Å². The first-order valence-electron chi connectivity index (χ1n) is 7.33. The molecule has 0 heterocycles. The number of carbonyl (C=O) groups is 1. The fourth-order valence-corrected chi connectivity index (χ4v) is 2.29. The highest BCUT2D eigenvalue weighted by molar-refractivity contribution is 5.94. The maximum Gasteiger partial charge on any atom is 0.225 e. The number of hydrogen-bond donors (Lipinski definition) is 2. The molecule has 0 aromatic heterocycles. The molecule has 2 rings (SSSR count). The summed E-state index contributed by atoms with van der Waals surface area (Å²) in [5, 5.41) is 2.87. The minimum atomic E-state index is -0.0139. The van der Waals surface area contributed by atoms with Crippen molar-refractivity contribution in [2.45, 2.75) is 32.6 Å². The lowest BCUT2D eigenvalue weighted by Gasteiger charge is -2.13. The van der Waals surface area contributed by atoms with Gasteiger partial charge >= 0.3 is 0 Å². The number of amides is 1. The highest BCUT2D eigenvalue weighted by atomic mass is 16.1. The zero-order chi connectivity index (χ0) is 15.2. The maximum absolute atomic E-state index is 12.1. The molecule has 0 aliphatic rings. The number of rotatable bonds is 5. The van der Waals surface area contributed by atoms with Gasteiger partial charge in [0.1, 0.15) is 0 Å². The molecule has 1 atom stereocenters. The summed E-state index contributed by atoms with van der Waals surface area (Å²) in [4.78, 5) is 12.1. The van der Waals surface area contributed by atoms with Crippen LogP contribution in [-0.4, -0.2) is 5.91 Å². The molecular formula is C18H22N2O. The van der Waals surface area contributed by atoms with E-state index in [9.17, 15) is 4.79 Å². The topological polar surface area (TPSA) is 55.1 Å². The summed E-state index contributed by atoms with van der Waals surface area (Å²) in [7, 11) is 0. The molecule has 0 aliphatic carbocycles. The van der Waals surface area contributed by atoms with Gasteiger partial charge in [0.2, 0.25) is 5.91 Å². The quantitative estimate of drug-likeness (QED) is 0.815. The molecule has 2 aromatic rings. The van der Waals surface area contributed by atoms with Gasteiger partial charge in [-0.2, -0.15) is 0 Å². The van der Waals surface area contributed by atoms with E-state index in [1.165, 1.54) is 11.1 Å². The van der Waals surface area contributed by atoms with Crippen molar-refractivity contribution < 1.29 is 4.79 Å². The molecule has 1 unspecified atom stereocenters. The Morgan fingerprint density at radius 1 is 1.14 bits per heavy atom. The van der Waals surface area contributed by atoms with E-state index in [4.69, 9.17) is 5.73 Å². The highest BCUT2D eigenvalue weighted by Crippen LogP contribution is 2.22. The van der Waals surface area contributed by atoms with Gasteiger partial charge in [0.15, 0.2) is 0 Å². The number of nitrogen functional groups attached to an aromatic ring is 1. The molecule has 3 N–H and O–H groups in total. The van der Waals surface area contributed by atoms with Crippen molar-refractivity contribution >= 4 is 17.3 Å². The predicted octanol–water partition coefficient (Wildman–Crippen LogP) is 3.96. The number of carbonyl (C=O) groups excluding carboxylic acids is 1. The van der Waals surface area contributed by atoms with Crippen LogP contribution < -0.4 is 11.1 Å². The van der Waals surface area contributed by atoms with E-state index in [1.54, 1.807) is 6.07 Å². The number of nitrogens with two attached hydrogens (primary N) is 1. The summed E-state index contributed by atoms with van der Waals surface area (Å²) in [5.74, 6) is 0.167. The summed E-state index contributed by atoms with van der Waals surface area (Å²) >= 11 is 0. The lowest BCUT2D eigenvalue weighted by atomic mass is 9.96. The Bertz CT molecular complexity index is 605. The number of nitrogens with one attached hydrogen (secondary N) is 1. The van der Waals surface area contributed by atoms with Crippen LogP contribution in [0.3, 0.4) is 0 Å². The Morgan fingerprint density at radius 2 is 1.81 bits per heavy atom. The highest BCUT2D eigenvalue weighted by Gasteiger charge is 2.12. The normalized spacial score (nSPS) is 11.9. The molecule has 0 aliphatic heterocycles. The zero-order valence-electron chi connectivity index (χ0n) is 12.6. The third kappa shape index (κ3) is 4.09. The van der Waals surface area contributed by atoms with E-state index in [0.29, 0.717) is 17.8 Å². The predicted molar refractivity (Wildman–Crippen MR) is 88.3 cm³/mol. The number of aryl methyl sites for hydroxylation is 1. The summed E-state index contributed by atoms with van der Waals surface area (Å²) in [6.45, 7) is 4.20. The molecule has 0 radical (unpaired) electrons. The molecule has 0 bridgehead atoms. The van der Waals surface area contributed by atoms with Crippen LogP contribution in [-0.2, 0) is 11.2 Å². The number of benzene rings is 2. The van der Waals surface area contributed by atoms with Crippen LogP contribution in [0.2, 0.25) is 0 Å². The zero-order valence-corrected chi connectivity index (χ0v) is 12.6.